The summed E-state index contributed by atoms with van der Waals surface area (Å²) in [6.45, 7) is 0. The highest BCUT2D eigenvalue weighted by molar-refractivity contribution is 5.77. The van der Waals surface area contributed by atoms with Crippen LogP contribution in [-0.2, 0) is 25.5 Å². The zero-order valence-corrected chi connectivity index (χ0v) is 18.2. The van der Waals surface area contributed by atoms with Gasteiger partial charge in [0.15, 0.2) is 17.8 Å². The van der Waals surface area contributed by atoms with E-state index in [2.05, 4.69) is 4.98 Å². The molecule has 11 nitrogen and oxygen atoms in total. The number of ether oxygens (including phenoxy) is 2. The first-order valence-electron chi connectivity index (χ1n) is 10.7. The summed E-state index contributed by atoms with van der Waals surface area (Å²) in [6.07, 6.45) is -9.51. The van der Waals surface area contributed by atoms with Gasteiger partial charge in [-0.2, -0.15) is 0 Å². The summed E-state index contributed by atoms with van der Waals surface area (Å²) in [5.74, 6) is -1.68. The lowest BCUT2D eigenvalue weighted by Crippen LogP contribution is -2.60. The van der Waals surface area contributed by atoms with Crippen LogP contribution in [0.2, 0.25) is 0 Å². The second-order valence-corrected chi connectivity index (χ2v) is 7.92. The molecule has 2 heterocycles. The van der Waals surface area contributed by atoms with Crippen LogP contribution in [0.4, 0.5) is 0 Å². The molecule has 1 aromatic heterocycles. The number of aliphatic carboxylic acids is 1. The normalized spacial score (nSPS) is 24.1. The van der Waals surface area contributed by atoms with Gasteiger partial charge in [-0.15, -0.1) is 0 Å². The number of hydrogen-bond donors (Lipinski definition) is 5. The Morgan fingerprint density at radius 1 is 0.914 bits per heavy atom. The average Bonchev–Trinajstić information content (AvgIpc) is 3.28. The molecule has 184 valence electrons. The van der Waals surface area contributed by atoms with E-state index in [9.17, 15) is 30.0 Å². The molecule has 11 heteroatoms. The van der Waals surface area contributed by atoms with Crippen molar-refractivity contribution in [3.05, 3.63) is 60.5 Å². The van der Waals surface area contributed by atoms with Crippen molar-refractivity contribution in [1.29, 1.82) is 0 Å². The fraction of sp³-hybridized carbons (Fsp3) is 0.292. The Bertz CT molecular complexity index is 1180. The van der Waals surface area contributed by atoms with Crippen LogP contribution in [0.3, 0.4) is 0 Å². The fourth-order valence-corrected chi connectivity index (χ4v) is 3.62. The topological polar surface area (TPSA) is 180 Å². The van der Waals surface area contributed by atoms with Gasteiger partial charge in [0.25, 0.3) is 0 Å². The van der Waals surface area contributed by atoms with Gasteiger partial charge < -0.3 is 39.4 Å². The second kappa shape index (κ2) is 10.2. The molecule has 1 aliphatic heterocycles. The number of aliphatic hydroxyl groups excluding tert-OH is 3. The first-order chi connectivity index (χ1) is 16.7. The van der Waals surface area contributed by atoms with Crippen molar-refractivity contribution in [1.82, 2.24) is 4.98 Å². The third-order valence-electron chi connectivity index (χ3n) is 5.45. The van der Waals surface area contributed by atoms with Gasteiger partial charge in [-0.25, -0.2) is 9.78 Å². The lowest BCUT2D eigenvalue weighted by molar-refractivity contribution is -0.286. The third kappa shape index (κ3) is 5.33. The van der Waals surface area contributed by atoms with Crippen molar-refractivity contribution < 1.29 is 49.0 Å². The number of aromatic hydroxyl groups is 1. The molecule has 0 amide bonds. The number of benzene rings is 2. The number of carboxylic acid groups (broad SMARTS) is 1. The number of aromatic nitrogens is 1. The third-order valence-corrected chi connectivity index (χ3v) is 5.45. The predicted molar refractivity (Wildman–Crippen MR) is 118 cm³/mol. The Balaban J connectivity index is 1.48. The quantitative estimate of drug-likeness (QED) is 0.302. The van der Waals surface area contributed by atoms with Gasteiger partial charge in [-0.1, -0.05) is 30.3 Å². The first-order valence-corrected chi connectivity index (χ1v) is 10.7. The van der Waals surface area contributed by atoms with Gasteiger partial charge >= 0.3 is 11.9 Å². The van der Waals surface area contributed by atoms with E-state index in [0.717, 1.165) is 5.56 Å². The van der Waals surface area contributed by atoms with Gasteiger partial charge in [-0.05, 0) is 24.3 Å². The number of carbonyl (C=O) groups excluding carboxylic acids is 1. The number of phenolic OH excluding ortho intramolecular Hbond substituents is 1. The van der Waals surface area contributed by atoms with Crippen molar-refractivity contribution in [3.8, 4) is 28.3 Å². The Morgan fingerprint density at radius 2 is 1.60 bits per heavy atom. The van der Waals surface area contributed by atoms with Crippen LogP contribution < -0.4 is 0 Å². The van der Waals surface area contributed by atoms with Crippen LogP contribution in [0.1, 0.15) is 12.3 Å². The van der Waals surface area contributed by atoms with Crippen LogP contribution in [0.15, 0.2) is 59.0 Å². The van der Waals surface area contributed by atoms with Gasteiger partial charge in [0.05, 0.1) is 6.42 Å². The summed E-state index contributed by atoms with van der Waals surface area (Å²) in [5, 5.41) is 48.3. The summed E-state index contributed by atoms with van der Waals surface area (Å²) in [4.78, 5) is 28.0. The zero-order valence-electron chi connectivity index (χ0n) is 18.2. The van der Waals surface area contributed by atoms with E-state index in [1.165, 1.54) is 12.1 Å². The molecule has 35 heavy (non-hydrogen) atoms. The van der Waals surface area contributed by atoms with E-state index in [0.29, 0.717) is 17.0 Å². The van der Waals surface area contributed by atoms with Crippen LogP contribution in [-0.4, -0.2) is 73.2 Å². The van der Waals surface area contributed by atoms with Crippen molar-refractivity contribution in [2.75, 3.05) is 0 Å². The van der Waals surface area contributed by atoms with Crippen molar-refractivity contribution in [2.45, 2.75) is 43.5 Å². The molecule has 0 aliphatic carbocycles. The monoisotopic (exact) mass is 485 g/mol. The molecule has 5 N–H and O–H groups in total. The minimum absolute atomic E-state index is 0.00705. The summed E-state index contributed by atoms with van der Waals surface area (Å²) in [7, 11) is 0. The van der Waals surface area contributed by atoms with Crippen molar-refractivity contribution in [3.63, 3.8) is 0 Å². The van der Waals surface area contributed by atoms with Crippen LogP contribution in [0.5, 0.6) is 5.75 Å². The Labute approximate surface area is 198 Å². The number of oxazole rings is 1. The molecule has 1 aliphatic rings. The Hall–Kier alpha value is -3.77. The lowest BCUT2D eigenvalue weighted by atomic mass is 9.99. The maximum atomic E-state index is 12.4. The SMILES string of the molecule is O=C(CCc1nc(-c2ccc(O)cc2)c(-c2ccccc2)o1)O[C@@H]1O[C@H](C(=O)O)[C@@H](O)[C@H](O)[C@H]1O. The summed E-state index contributed by atoms with van der Waals surface area (Å²) in [6, 6.07) is 15.6. The summed E-state index contributed by atoms with van der Waals surface area (Å²) < 4.78 is 15.9. The number of aryl methyl sites for hydroxylation is 1. The highest BCUT2D eigenvalue weighted by Crippen LogP contribution is 2.33. The standard InChI is InChI=1S/C24H23NO10/c26-14-8-6-12(7-9-14)17-21(13-4-2-1-3-5-13)33-15(25-17)10-11-16(27)34-24-20(30)18(28)19(29)22(35-24)23(31)32/h1-9,18-20,22,24,26,28-30H,10-11H2,(H,31,32)/t18-,19-,20+,22-,24+/m0/s1. The maximum Gasteiger partial charge on any atom is 0.335 e. The number of carboxylic acids is 1. The molecule has 1 saturated heterocycles. The Kier molecular flexibility index (Phi) is 7.12. The number of phenols is 1. The first kappa shape index (κ1) is 24.4. The molecule has 2 aromatic carbocycles. The molecule has 4 rings (SSSR count). The molecule has 0 radical (unpaired) electrons. The highest BCUT2D eigenvalue weighted by atomic mass is 16.7. The molecule has 0 saturated carbocycles. The number of hydrogen-bond acceptors (Lipinski definition) is 10. The van der Waals surface area contributed by atoms with Gasteiger partial charge in [0.2, 0.25) is 6.29 Å². The summed E-state index contributed by atoms with van der Waals surface area (Å²) in [5.41, 5.74) is 1.94. The summed E-state index contributed by atoms with van der Waals surface area (Å²) >= 11 is 0. The minimum Gasteiger partial charge on any atom is -0.508 e. The van der Waals surface area contributed by atoms with Crippen LogP contribution in [0.25, 0.3) is 22.6 Å². The number of rotatable bonds is 7. The highest BCUT2D eigenvalue weighted by Gasteiger charge is 2.48. The minimum atomic E-state index is -1.89. The molecular formula is C24H23NO10. The van der Waals surface area contributed by atoms with E-state index in [1.807, 2.05) is 30.3 Å². The lowest BCUT2D eigenvalue weighted by Gasteiger charge is -2.37. The smallest absolute Gasteiger partial charge is 0.335 e. The number of esters is 1. The molecule has 5 atom stereocenters. The van der Waals surface area contributed by atoms with Crippen LogP contribution >= 0.6 is 0 Å². The predicted octanol–water partition coefficient (Wildman–Crippen LogP) is 1.08. The fourth-order valence-electron chi connectivity index (χ4n) is 3.62. The molecular weight excluding hydrogens is 462 g/mol. The molecule has 0 unspecified atom stereocenters. The maximum absolute atomic E-state index is 12.4. The number of aliphatic hydroxyl groups is 3. The largest absolute Gasteiger partial charge is 0.508 e. The average molecular weight is 485 g/mol. The second-order valence-electron chi connectivity index (χ2n) is 7.92. The van der Waals surface area contributed by atoms with E-state index in [1.54, 1.807) is 12.1 Å². The van der Waals surface area contributed by atoms with E-state index in [4.69, 9.17) is 19.0 Å². The number of carbonyl (C=O) groups is 2. The van der Waals surface area contributed by atoms with E-state index >= 15 is 0 Å². The number of nitrogens with zero attached hydrogens (tertiary/aromatic N) is 1. The van der Waals surface area contributed by atoms with Crippen LogP contribution in [0, 0.1) is 0 Å². The van der Waals surface area contributed by atoms with Gasteiger partial charge in [0, 0.05) is 17.5 Å². The Morgan fingerprint density at radius 3 is 2.26 bits per heavy atom. The van der Waals surface area contributed by atoms with E-state index < -0.39 is 42.6 Å². The van der Waals surface area contributed by atoms with Crippen molar-refractivity contribution in [2.24, 2.45) is 0 Å². The molecule has 0 spiro atoms. The molecule has 0 bridgehead atoms. The van der Waals surface area contributed by atoms with E-state index in [-0.39, 0.29) is 24.5 Å². The molecule has 3 aromatic rings. The van der Waals surface area contributed by atoms with Gasteiger partial charge in [0.1, 0.15) is 29.8 Å². The van der Waals surface area contributed by atoms with Gasteiger partial charge in [-0.3, -0.25) is 4.79 Å². The zero-order chi connectivity index (χ0) is 25.1. The molecule has 1 fully saturated rings. The van der Waals surface area contributed by atoms with Crippen molar-refractivity contribution >= 4 is 11.9 Å².